The SMILES string of the molecule is C=CN=C(C=C)CNC1CC1. The highest BCUT2D eigenvalue weighted by molar-refractivity contribution is 5.96. The van der Waals surface area contributed by atoms with Crippen LogP contribution in [0.5, 0.6) is 0 Å². The van der Waals surface area contributed by atoms with E-state index in [0.717, 1.165) is 18.3 Å². The molecule has 0 amide bonds. The minimum Gasteiger partial charge on any atom is -0.308 e. The Bertz CT molecular complexity index is 178. The van der Waals surface area contributed by atoms with E-state index in [1.807, 2.05) is 0 Å². The summed E-state index contributed by atoms with van der Waals surface area (Å²) in [6, 6.07) is 0.727. The zero-order valence-electron chi connectivity index (χ0n) is 6.71. The lowest BCUT2D eigenvalue weighted by Gasteiger charge is -2.00. The van der Waals surface area contributed by atoms with Crippen LogP contribution >= 0.6 is 0 Å². The van der Waals surface area contributed by atoms with E-state index in [4.69, 9.17) is 0 Å². The molecule has 0 heterocycles. The van der Waals surface area contributed by atoms with Crippen molar-refractivity contribution in [2.75, 3.05) is 6.54 Å². The summed E-state index contributed by atoms with van der Waals surface area (Å²) < 4.78 is 0. The molecule has 0 aromatic heterocycles. The molecule has 11 heavy (non-hydrogen) atoms. The summed E-state index contributed by atoms with van der Waals surface area (Å²) in [4.78, 5) is 4.04. The first-order valence-corrected chi connectivity index (χ1v) is 3.90. The average molecular weight is 150 g/mol. The number of aliphatic imine (C=N–C) groups is 1. The lowest BCUT2D eigenvalue weighted by molar-refractivity contribution is 0.770. The van der Waals surface area contributed by atoms with Crippen LogP contribution in [0.15, 0.2) is 30.4 Å². The first kappa shape index (κ1) is 8.21. The quantitative estimate of drug-likeness (QED) is 0.590. The van der Waals surface area contributed by atoms with E-state index in [9.17, 15) is 0 Å². The van der Waals surface area contributed by atoms with Crippen LogP contribution in [-0.4, -0.2) is 18.3 Å². The molecule has 60 valence electrons. The van der Waals surface area contributed by atoms with Crippen LogP contribution in [-0.2, 0) is 0 Å². The number of hydrogen-bond donors (Lipinski definition) is 1. The van der Waals surface area contributed by atoms with Crippen LogP contribution in [0.25, 0.3) is 0 Å². The van der Waals surface area contributed by atoms with Gasteiger partial charge in [0.15, 0.2) is 0 Å². The molecule has 0 bridgehead atoms. The van der Waals surface area contributed by atoms with Crippen molar-refractivity contribution in [3.8, 4) is 0 Å². The van der Waals surface area contributed by atoms with Crippen LogP contribution in [0, 0.1) is 0 Å². The number of nitrogens with zero attached hydrogens (tertiary/aromatic N) is 1. The summed E-state index contributed by atoms with van der Waals surface area (Å²) in [7, 11) is 0. The molecule has 0 saturated heterocycles. The zero-order valence-corrected chi connectivity index (χ0v) is 6.71. The van der Waals surface area contributed by atoms with Crippen molar-refractivity contribution < 1.29 is 0 Å². The number of rotatable bonds is 5. The smallest absolute Gasteiger partial charge is 0.0535 e. The molecular formula is C9H14N2. The topological polar surface area (TPSA) is 24.4 Å². The molecule has 0 aromatic carbocycles. The standard InChI is InChI=1S/C9H14N2/c1-3-8(10-4-2)7-11-9-5-6-9/h3-4,9,11H,1-2,5-7H2. The van der Waals surface area contributed by atoms with Gasteiger partial charge in [-0.15, -0.1) is 0 Å². The molecule has 0 spiro atoms. The molecule has 0 aliphatic heterocycles. The van der Waals surface area contributed by atoms with Crippen molar-refractivity contribution >= 4 is 5.71 Å². The third kappa shape index (κ3) is 3.14. The van der Waals surface area contributed by atoms with E-state index in [0.29, 0.717) is 0 Å². The van der Waals surface area contributed by atoms with Gasteiger partial charge in [0.2, 0.25) is 0 Å². The Morgan fingerprint density at radius 1 is 1.55 bits per heavy atom. The highest BCUT2D eigenvalue weighted by Crippen LogP contribution is 2.18. The maximum Gasteiger partial charge on any atom is 0.0535 e. The van der Waals surface area contributed by atoms with E-state index in [1.165, 1.54) is 12.8 Å². The van der Waals surface area contributed by atoms with E-state index >= 15 is 0 Å². The van der Waals surface area contributed by atoms with Gasteiger partial charge in [0, 0.05) is 18.8 Å². The van der Waals surface area contributed by atoms with E-state index < -0.39 is 0 Å². The minimum atomic E-state index is 0.727. The molecular weight excluding hydrogens is 136 g/mol. The van der Waals surface area contributed by atoms with Crippen molar-refractivity contribution in [1.82, 2.24) is 5.32 Å². The van der Waals surface area contributed by atoms with Gasteiger partial charge in [-0.3, -0.25) is 4.99 Å². The molecule has 0 atom stereocenters. The molecule has 1 fully saturated rings. The van der Waals surface area contributed by atoms with Crippen LogP contribution in [0.2, 0.25) is 0 Å². The summed E-state index contributed by atoms with van der Waals surface area (Å²) in [5, 5.41) is 3.34. The molecule has 1 N–H and O–H groups in total. The molecule has 1 aliphatic rings. The van der Waals surface area contributed by atoms with Crippen molar-refractivity contribution in [3.63, 3.8) is 0 Å². The first-order valence-electron chi connectivity index (χ1n) is 3.90. The predicted molar refractivity (Wildman–Crippen MR) is 48.9 cm³/mol. The Morgan fingerprint density at radius 3 is 2.73 bits per heavy atom. The zero-order chi connectivity index (χ0) is 8.10. The van der Waals surface area contributed by atoms with Gasteiger partial charge in [0.05, 0.1) is 5.71 Å². The van der Waals surface area contributed by atoms with Gasteiger partial charge in [0.25, 0.3) is 0 Å². The lowest BCUT2D eigenvalue weighted by atomic mass is 10.3. The summed E-state index contributed by atoms with van der Waals surface area (Å²) in [6.45, 7) is 8.01. The maximum absolute atomic E-state index is 4.04. The van der Waals surface area contributed by atoms with E-state index in [2.05, 4.69) is 23.5 Å². The summed E-state index contributed by atoms with van der Waals surface area (Å²) in [5.41, 5.74) is 0.965. The maximum atomic E-state index is 4.04. The molecule has 1 aliphatic carbocycles. The highest BCUT2D eigenvalue weighted by atomic mass is 15.0. The third-order valence-electron chi connectivity index (χ3n) is 1.64. The number of nitrogens with one attached hydrogen (secondary N) is 1. The van der Waals surface area contributed by atoms with Crippen molar-refractivity contribution in [2.45, 2.75) is 18.9 Å². The van der Waals surface area contributed by atoms with Gasteiger partial charge in [-0.25, -0.2) is 0 Å². The monoisotopic (exact) mass is 150 g/mol. The molecule has 0 radical (unpaired) electrons. The van der Waals surface area contributed by atoms with Gasteiger partial charge in [-0.2, -0.15) is 0 Å². The Morgan fingerprint density at radius 2 is 2.27 bits per heavy atom. The third-order valence-corrected chi connectivity index (χ3v) is 1.64. The molecule has 0 aromatic rings. The average Bonchev–Trinajstić information content (AvgIpc) is 2.81. The highest BCUT2D eigenvalue weighted by Gasteiger charge is 2.19. The van der Waals surface area contributed by atoms with Gasteiger partial charge in [-0.05, 0) is 18.9 Å². The normalized spacial score (nSPS) is 18.0. The molecule has 2 nitrogen and oxygen atoms in total. The second-order valence-corrected chi connectivity index (χ2v) is 2.66. The molecule has 1 saturated carbocycles. The fourth-order valence-corrected chi connectivity index (χ4v) is 0.824. The Hall–Kier alpha value is -0.890. The van der Waals surface area contributed by atoms with Gasteiger partial charge < -0.3 is 5.32 Å². The van der Waals surface area contributed by atoms with Gasteiger partial charge in [0.1, 0.15) is 0 Å². The lowest BCUT2D eigenvalue weighted by Crippen LogP contribution is -2.23. The summed E-state index contributed by atoms with van der Waals surface area (Å²) in [6.07, 6.45) is 5.92. The van der Waals surface area contributed by atoms with Crippen molar-refractivity contribution in [2.24, 2.45) is 4.99 Å². The van der Waals surface area contributed by atoms with Crippen molar-refractivity contribution in [1.29, 1.82) is 0 Å². The van der Waals surface area contributed by atoms with Crippen molar-refractivity contribution in [3.05, 3.63) is 25.4 Å². The van der Waals surface area contributed by atoms with Gasteiger partial charge in [-0.1, -0.05) is 13.2 Å². The summed E-state index contributed by atoms with van der Waals surface area (Å²) >= 11 is 0. The van der Waals surface area contributed by atoms with E-state index in [-0.39, 0.29) is 0 Å². The molecule has 2 heteroatoms. The van der Waals surface area contributed by atoms with Crippen LogP contribution in [0.1, 0.15) is 12.8 Å². The second-order valence-electron chi connectivity index (χ2n) is 2.66. The van der Waals surface area contributed by atoms with Crippen LogP contribution in [0.4, 0.5) is 0 Å². The predicted octanol–water partition coefficient (Wildman–Crippen LogP) is 1.51. The van der Waals surface area contributed by atoms with Crippen LogP contribution < -0.4 is 5.32 Å². The Balaban J connectivity index is 2.23. The van der Waals surface area contributed by atoms with Crippen LogP contribution in [0.3, 0.4) is 0 Å². The second kappa shape index (κ2) is 4.09. The summed E-state index contributed by atoms with van der Waals surface area (Å²) in [5.74, 6) is 0. The molecule has 1 rings (SSSR count). The Kier molecular flexibility index (Phi) is 3.05. The molecule has 0 unspecified atom stereocenters. The Labute approximate surface area is 67.7 Å². The first-order chi connectivity index (χ1) is 5.36. The van der Waals surface area contributed by atoms with Gasteiger partial charge >= 0.3 is 0 Å². The largest absolute Gasteiger partial charge is 0.308 e. The minimum absolute atomic E-state index is 0.727. The van der Waals surface area contributed by atoms with E-state index in [1.54, 1.807) is 12.3 Å². The fraction of sp³-hybridized carbons (Fsp3) is 0.444. The number of hydrogen-bond acceptors (Lipinski definition) is 2. The fourth-order valence-electron chi connectivity index (χ4n) is 0.824.